The SMILES string of the molecule is COc1c(Cl)cc(C2=CC3(C=C2c2ccc(S(N)(=O)=O)cc2)CC3)cc1Cl. The first-order chi connectivity index (χ1) is 12.7. The van der Waals surface area contributed by atoms with Crippen molar-refractivity contribution in [1.29, 1.82) is 0 Å². The lowest BCUT2D eigenvalue weighted by Gasteiger charge is -2.13. The van der Waals surface area contributed by atoms with Crippen LogP contribution in [0.4, 0.5) is 0 Å². The van der Waals surface area contributed by atoms with Gasteiger partial charge in [-0.1, -0.05) is 47.5 Å². The van der Waals surface area contributed by atoms with Crippen LogP contribution >= 0.6 is 23.2 Å². The summed E-state index contributed by atoms with van der Waals surface area (Å²) in [6.07, 6.45) is 6.66. The number of rotatable bonds is 4. The number of allylic oxidation sites excluding steroid dienone is 4. The summed E-state index contributed by atoms with van der Waals surface area (Å²) in [5.41, 5.74) is 3.95. The van der Waals surface area contributed by atoms with Crippen molar-refractivity contribution in [1.82, 2.24) is 0 Å². The summed E-state index contributed by atoms with van der Waals surface area (Å²) in [5.74, 6) is 0.449. The van der Waals surface area contributed by atoms with E-state index >= 15 is 0 Å². The zero-order chi connectivity index (χ0) is 19.4. The second-order valence-corrected chi connectivity index (χ2v) is 9.27. The van der Waals surface area contributed by atoms with Gasteiger partial charge in [0, 0.05) is 5.41 Å². The van der Waals surface area contributed by atoms with Gasteiger partial charge in [-0.2, -0.15) is 0 Å². The standard InChI is InChI=1S/C20H17Cl2NO3S/c1-26-19-17(21)8-13(9-18(19)22)16-11-20(6-7-20)10-15(16)12-2-4-14(5-3-12)27(23,24)25/h2-5,8-11H,6-7H2,1H3,(H2,23,24,25). The molecule has 7 heteroatoms. The van der Waals surface area contributed by atoms with Gasteiger partial charge in [-0.05, 0) is 59.4 Å². The van der Waals surface area contributed by atoms with Crippen LogP contribution in [-0.2, 0) is 10.0 Å². The molecule has 2 aromatic rings. The Morgan fingerprint density at radius 3 is 1.93 bits per heavy atom. The van der Waals surface area contributed by atoms with Gasteiger partial charge in [-0.15, -0.1) is 0 Å². The molecule has 1 saturated carbocycles. The monoisotopic (exact) mass is 421 g/mol. The Morgan fingerprint density at radius 1 is 0.963 bits per heavy atom. The fourth-order valence-corrected chi connectivity index (χ4v) is 4.57. The molecule has 0 bridgehead atoms. The number of halogens is 2. The molecule has 27 heavy (non-hydrogen) atoms. The zero-order valence-electron chi connectivity index (χ0n) is 14.5. The number of nitrogens with two attached hydrogens (primary N) is 1. The van der Waals surface area contributed by atoms with Crippen LogP contribution in [0.25, 0.3) is 11.1 Å². The third-order valence-electron chi connectivity index (χ3n) is 4.99. The second-order valence-electron chi connectivity index (χ2n) is 6.89. The lowest BCUT2D eigenvalue weighted by atomic mass is 9.95. The van der Waals surface area contributed by atoms with E-state index in [1.165, 1.54) is 19.2 Å². The Bertz CT molecular complexity index is 1080. The lowest BCUT2D eigenvalue weighted by Crippen LogP contribution is -2.11. The number of benzene rings is 2. The van der Waals surface area contributed by atoms with Gasteiger partial charge in [0.1, 0.15) is 0 Å². The third-order valence-corrected chi connectivity index (χ3v) is 6.48. The molecule has 0 radical (unpaired) electrons. The van der Waals surface area contributed by atoms with Gasteiger partial charge in [-0.25, -0.2) is 13.6 Å². The maximum atomic E-state index is 11.5. The van der Waals surface area contributed by atoms with E-state index in [0.717, 1.165) is 35.1 Å². The first-order valence-corrected chi connectivity index (χ1v) is 10.7. The van der Waals surface area contributed by atoms with E-state index in [1.54, 1.807) is 12.1 Å². The highest BCUT2D eigenvalue weighted by Crippen LogP contribution is 2.58. The molecule has 0 aliphatic heterocycles. The number of sulfonamides is 1. The Labute approximate surface area is 168 Å². The van der Waals surface area contributed by atoms with Crippen LogP contribution in [0.5, 0.6) is 5.75 Å². The van der Waals surface area contributed by atoms with Gasteiger partial charge < -0.3 is 4.74 Å². The van der Waals surface area contributed by atoms with Crippen molar-refractivity contribution in [2.24, 2.45) is 10.6 Å². The Kier molecular flexibility index (Phi) is 4.39. The molecule has 0 saturated heterocycles. The highest BCUT2D eigenvalue weighted by molar-refractivity contribution is 7.89. The molecule has 140 valence electrons. The van der Waals surface area contributed by atoms with Crippen LogP contribution in [0.2, 0.25) is 10.0 Å². The molecule has 4 rings (SSSR count). The van der Waals surface area contributed by atoms with Crippen molar-refractivity contribution >= 4 is 44.4 Å². The average Bonchev–Trinajstić information content (AvgIpc) is 3.24. The molecule has 0 amide bonds. The van der Waals surface area contributed by atoms with Gasteiger partial charge >= 0.3 is 0 Å². The van der Waals surface area contributed by atoms with Crippen molar-refractivity contribution in [3.8, 4) is 5.75 Å². The molecular formula is C20H17Cl2NO3S. The van der Waals surface area contributed by atoms with E-state index in [1.807, 2.05) is 12.1 Å². The number of ether oxygens (including phenoxy) is 1. The third kappa shape index (κ3) is 3.41. The number of primary sulfonamides is 1. The van der Waals surface area contributed by atoms with E-state index in [4.69, 9.17) is 33.1 Å². The van der Waals surface area contributed by atoms with Crippen molar-refractivity contribution in [3.63, 3.8) is 0 Å². The van der Waals surface area contributed by atoms with Crippen LogP contribution in [0.15, 0.2) is 53.4 Å². The first-order valence-electron chi connectivity index (χ1n) is 8.35. The predicted octanol–water partition coefficient (Wildman–Crippen LogP) is 4.91. The molecule has 0 aromatic heterocycles. The van der Waals surface area contributed by atoms with E-state index in [2.05, 4.69) is 12.2 Å². The highest BCUT2D eigenvalue weighted by Gasteiger charge is 2.43. The minimum Gasteiger partial charge on any atom is -0.494 e. The summed E-state index contributed by atoms with van der Waals surface area (Å²) < 4.78 is 28.3. The first kappa shape index (κ1) is 18.6. The zero-order valence-corrected chi connectivity index (χ0v) is 16.8. The van der Waals surface area contributed by atoms with Crippen LogP contribution in [0.1, 0.15) is 24.0 Å². The smallest absolute Gasteiger partial charge is 0.238 e. The largest absolute Gasteiger partial charge is 0.494 e. The van der Waals surface area contributed by atoms with Crippen LogP contribution in [0, 0.1) is 5.41 Å². The summed E-state index contributed by atoms with van der Waals surface area (Å²) in [7, 11) is -2.19. The highest BCUT2D eigenvalue weighted by atomic mass is 35.5. The summed E-state index contributed by atoms with van der Waals surface area (Å²) >= 11 is 12.7. The van der Waals surface area contributed by atoms with E-state index in [-0.39, 0.29) is 10.3 Å². The molecule has 2 aliphatic carbocycles. The van der Waals surface area contributed by atoms with E-state index in [9.17, 15) is 8.42 Å². The molecule has 4 nitrogen and oxygen atoms in total. The van der Waals surface area contributed by atoms with Gasteiger partial charge in [0.2, 0.25) is 10.0 Å². The fourth-order valence-electron chi connectivity index (χ4n) is 3.42. The van der Waals surface area contributed by atoms with Gasteiger partial charge in [0.05, 0.1) is 22.1 Å². The Morgan fingerprint density at radius 2 is 1.48 bits per heavy atom. The van der Waals surface area contributed by atoms with Crippen LogP contribution < -0.4 is 9.88 Å². The maximum Gasteiger partial charge on any atom is 0.238 e. The normalized spacial score (nSPS) is 17.6. The van der Waals surface area contributed by atoms with Crippen LogP contribution in [-0.4, -0.2) is 15.5 Å². The molecule has 0 atom stereocenters. The number of hydrogen-bond acceptors (Lipinski definition) is 3. The Hall–Kier alpha value is -1.79. The van der Waals surface area contributed by atoms with Gasteiger partial charge in [0.15, 0.2) is 5.75 Å². The molecular weight excluding hydrogens is 405 g/mol. The molecule has 1 spiro atoms. The maximum absolute atomic E-state index is 11.5. The van der Waals surface area contributed by atoms with E-state index in [0.29, 0.717) is 15.8 Å². The average molecular weight is 422 g/mol. The van der Waals surface area contributed by atoms with Crippen molar-refractivity contribution in [2.75, 3.05) is 7.11 Å². The van der Waals surface area contributed by atoms with Crippen molar-refractivity contribution < 1.29 is 13.2 Å². The number of methoxy groups -OCH3 is 1. The summed E-state index contributed by atoms with van der Waals surface area (Å²) in [6, 6.07) is 10.3. The van der Waals surface area contributed by atoms with Gasteiger partial charge in [-0.3, -0.25) is 0 Å². The molecule has 2 aliphatic rings. The quantitative estimate of drug-likeness (QED) is 0.761. The fraction of sp³-hybridized carbons (Fsp3) is 0.200. The van der Waals surface area contributed by atoms with Crippen LogP contribution in [0.3, 0.4) is 0 Å². The molecule has 1 fully saturated rings. The second kappa shape index (κ2) is 6.38. The Balaban J connectivity index is 1.79. The van der Waals surface area contributed by atoms with Gasteiger partial charge in [0.25, 0.3) is 0 Å². The molecule has 2 N–H and O–H groups in total. The predicted molar refractivity (Wildman–Crippen MR) is 108 cm³/mol. The summed E-state index contributed by atoms with van der Waals surface area (Å²) in [5, 5.41) is 6.09. The molecule has 0 heterocycles. The van der Waals surface area contributed by atoms with Crippen molar-refractivity contribution in [3.05, 3.63) is 69.7 Å². The van der Waals surface area contributed by atoms with E-state index < -0.39 is 10.0 Å². The number of hydrogen-bond donors (Lipinski definition) is 1. The minimum absolute atomic E-state index is 0.0716. The lowest BCUT2D eigenvalue weighted by molar-refractivity contribution is 0.415. The topological polar surface area (TPSA) is 69.4 Å². The molecule has 0 unspecified atom stereocenters. The summed E-state index contributed by atoms with van der Waals surface area (Å²) in [6.45, 7) is 0. The minimum atomic E-state index is -3.72. The van der Waals surface area contributed by atoms with Crippen molar-refractivity contribution in [2.45, 2.75) is 17.7 Å². The molecule has 2 aromatic carbocycles. The summed E-state index contributed by atoms with van der Waals surface area (Å²) in [4.78, 5) is 0.0899.